The van der Waals surface area contributed by atoms with Gasteiger partial charge in [0.1, 0.15) is 0 Å². The molecule has 4 N–H and O–H groups in total. The van der Waals surface area contributed by atoms with Crippen molar-refractivity contribution in [3.63, 3.8) is 0 Å². The van der Waals surface area contributed by atoms with Crippen LogP contribution in [0, 0.1) is 0 Å². The Morgan fingerprint density at radius 1 is 0.583 bits per heavy atom. The Bertz CT molecular complexity index is 23.3. The van der Waals surface area contributed by atoms with E-state index in [1.165, 1.54) is 12.8 Å². The van der Waals surface area contributed by atoms with Crippen LogP contribution in [-0.4, -0.2) is 13.1 Å². The van der Waals surface area contributed by atoms with Gasteiger partial charge in [-0.05, 0) is 25.9 Å². The van der Waals surface area contributed by atoms with Crippen molar-refractivity contribution in [1.82, 2.24) is 0 Å². The predicted molar refractivity (Wildman–Crippen MR) is 59.3 cm³/mol. The monoisotopic (exact) mass is 176 g/mol. The average Bonchev–Trinajstić information content (AvgIpc) is 2.18. The Hall–Kier alpha value is -0.0800. The molecule has 78 valence electrons. The van der Waals surface area contributed by atoms with Gasteiger partial charge in [0.25, 0.3) is 0 Å². The average molecular weight is 176 g/mol. The summed E-state index contributed by atoms with van der Waals surface area (Å²) in [7, 11) is 0. The number of unbranched alkanes of at least 4 members (excludes halogenated alkanes) is 1. The molecule has 0 bridgehead atoms. The lowest BCUT2D eigenvalue weighted by molar-refractivity contribution is 0.886. The van der Waals surface area contributed by atoms with Crippen molar-refractivity contribution >= 4 is 0 Å². The molecule has 0 aromatic rings. The molecule has 0 atom stereocenters. The second kappa shape index (κ2) is 30.7. The van der Waals surface area contributed by atoms with Crippen molar-refractivity contribution in [2.75, 3.05) is 13.1 Å². The van der Waals surface area contributed by atoms with E-state index in [-0.39, 0.29) is 0 Å². The van der Waals surface area contributed by atoms with Crippen LogP contribution >= 0.6 is 0 Å². The van der Waals surface area contributed by atoms with Gasteiger partial charge >= 0.3 is 0 Å². The highest BCUT2D eigenvalue weighted by atomic mass is 14.5. The normalized spacial score (nSPS) is 7.50. The van der Waals surface area contributed by atoms with Crippen LogP contribution in [0.3, 0.4) is 0 Å². The summed E-state index contributed by atoms with van der Waals surface area (Å²) in [5, 5.41) is 0. The number of hydrogen-bond acceptors (Lipinski definition) is 2. The van der Waals surface area contributed by atoms with Crippen LogP contribution in [0.15, 0.2) is 0 Å². The quantitative estimate of drug-likeness (QED) is 0.694. The molecule has 0 saturated carbocycles. The molecule has 0 rings (SSSR count). The summed E-state index contributed by atoms with van der Waals surface area (Å²) in [6.45, 7) is 10.1. The van der Waals surface area contributed by atoms with Crippen LogP contribution in [-0.2, 0) is 0 Å². The van der Waals surface area contributed by atoms with Gasteiger partial charge in [0.2, 0.25) is 0 Å². The van der Waals surface area contributed by atoms with Gasteiger partial charge in [-0.15, -0.1) is 0 Å². The molecule has 0 aliphatic carbocycles. The number of hydrogen-bond donors (Lipinski definition) is 2. The highest BCUT2D eigenvalue weighted by Crippen LogP contribution is 1.76. The van der Waals surface area contributed by atoms with Crippen LogP contribution in [0.4, 0.5) is 0 Å². The van der Waals surface area contributed by atoms with Crippen LogP contribution in [0.25, 0.3) is 0 Å². The van der Waals surface area contributed by atoms with E-state index in [1.807, 2.05) is 0 Å². The largest absolute Gasteiger partial charge is 0.330 e. The Labute approximate surface area is 78.7 Å². The first-order chi connectivity index (χ1) is 5.74. The van der Waals surface area contributed by atoms with E-state index in [2.05, 4.69) is 27.7 Å². The molecule has 0 aromatic heterocycles. The number of rotatable bonds is 3. The molecular weight excluding hydrogens is 148 g/mol. The van der Waals surface area contributed by atoms with Crippen LogP contribution < -0.4 is 11.5 Å². The fraction of sp³-hybridized carbons (Fsp3) is 1.00. The topological polar surface area (TPSA) is 52.0 Å². The Balaban J connectivity index is -0.000000101. The maximum atomic E-state index is 5.03. The van der Waals surface area contributed by atoms with Gasteiger partial charge in [-0.2, -0.15) is 0 Å². The van der Waals surface area contributed by atoms with Crippen molar-refractivity contribution in [2.24, 2.45) is 11.5 Å². The van der Waals surface area contributed by atoms with E-state index in [1.54, 1.807) is 0 Å². The highest BCUT2D eigenvalue weighted by Gasteiger charge is 1.56. The molecule has 0 radical (unpaired) electrons. The Morgan fingerprint density at radius 3 is 0.750 bits per heavy atom. The third-order valence-corrected chi connectivity index (χ3v) is 1.08. The highest BCUT2D eigenvalue weighted by molar-refractivity contribution is 4.19. The molecule has 2 heteroatoms. The Kier molecular flexibility index (Phi) is 45.6. The molecule has 0 aliphatic heterocycles. The van der Waals surface area contributed by atoms with Crippen LogP contribution in [0.5, 0.6) is 0 Å². The summed E-state index contributed by atoms with van der Waals surface area (Å²) in [5.41, 5.74) is 10.1. The van der Waals surface area contributed by atoms with Crippen molar-refractivity contribution in [3.8, 4) is 0 Å². The summed E-state index contributed by atoms with van der Waals surface area (Å²) < 4.78 is 0. The summed E-state index contributed by atoms with van der Waals surface area (Å²) in [5.74, 6) is 0. The van der Waals surface area contributed by atoms with Crippen molar-refractivity contribution in [3.05, 3.63) is 0 Å². The van der Waals surface area contributed by atoms with E-state index in [9.17, 15) is 0 Å². The third-order valence-electron chi connectivity index (χ3n) is 1.08. The fourth-order valence-electron chi connectivity index (χ4n) is 0. The van der Waals surface area contributed by atoms with Crippen molar-refractivity contribution < 1.29 is 0 Å². The molecule has 0 unspecified atom stereocenters. The maximum absolute atomic E-state index is 5.03. The third kappa shape index (κ3) is 92.6. The van der Waals surface area contributed by atoms with Crippen molar-refractivity contribution in [2.45, 2.75) is 53.4 Å². The second-order valence-electron chi connectivity index (χ2n) is 2.58. The lowest BCUT2D eigenvalue weighted by atomic mass is 10.4. The Morgan fingerprint density at radius 2 is 0.750 bits per heavy atom. The number of nitrogens with two attached hydrogens (primary N) is 2. The second-order valence-corrected chi connectivity index (χ2v) is 2.58. The molecule has 2 nitrogen and oxygen atoms in total. The molecule has 0 saturated heterocycles. The zero-order chi connectivity index (χ0) is 10.2. The molecule has 0 aliphatic rings. The van der Waals surface area contributed by atoms with Gasteiger partial charge in [-0.3, -0.25) is 0 Å². The standard InChI is InChI=1S/C4H10.2C3H9N/c1-3-4-2;2*1-2-3-4/h3-4H2,1-2H3;2*2-4H2,1H3. The molecule has 12 heavy (non-hydrogen) atoms. The van der Waals surface area contributed by atoms with Gasteiger partial charge in [0.05, 0.1) is 0 Å². The van der Waals surface area contributed by atoms with Gasteiger partial charge in [-0.1, -0.05) is 40.5 Å². The maximum Gasteiger partial charge on any atom is -0.00799 e. The summed E-state index contributed by atoms with van der Waals surface area (Å²) in [6, 6.07) is 0. The van der Waals surface area contributed by atoms with Gasteiger partial charge in [0.15, 0.2) is 0 Å². The zero-order valence-electron chi connectivity index (χ0n) is 9.40. The van der Waals surface area contributed by atoms with E-state index in [0.29, 0.717) is 0 Å². The molecule has 0 aromatic carbocycles. The smallest absolute Gasteiger partial charge is 0.00799 e. The molecule has 0 heterocycles. The van der Waals surface area contributed by atoms with Gasteiger partial charge < -0.3 is 11.5 Å². The molecule has 0 spiro atoms. The first-order valence-electron chi connectivity index (χ1n) is 5.14. The lowest BCUT2D eigenvalue weighted by Crippen LogP contribution is -1.93. The first kappa shape index (κ1) is 17.9. The summed E-state index contributed by atoms with van der Waals surface area (Å²) in [6.07, 6.45) is 4.83. The van der Waals surface area contributed by atoms with E-state index in [4.69, 9.17) is 11.5 Å². The predicted octanol–water partition coefficient (Wildman–Crippen LogP) is 2.52. The van der Waals surface area contributed by atoms with E-state index >= 15 is 0 Å². The van der Waals surface area contributed by atoms with E-state index < -0.39 is 0 Å². The zero-order valence-corrected chi connectivity index (χ0v) is 9.40. The fourth-order valence-corrected chi connectivity index (χ4v) is 0. The summed E-state index contributed by atoms with van der Waals surface area (Å²) >= 11 is 0. The molecular formula is C10H28N2. The minimum absolute atomic E-state index is 0.819. The van der Waals surface area contributed by atoms with Crippen LogP contribution in [0.2, 0.25) is 0 Å². The van der Waals surface area contributed by atoms with Gasteiger partial charge in [-0.25, -0.2) is 0 Å². The van der Waals surface area contributed by atoms with Crippen LogP contribution in [0.1, 0.15) is 53.4 Å². The lowest BCUT2D eigenvalue weighted by Gasteiger charge is -1.70. The first-order valence-corrected chi connectivity index (χ1v) is 5.14. The summed E-state index contributed by atoms with van der Waals surface area (Å²) in [4.78, 5) is 0. The van der Waals surface area contributed by atoms with Crippen molar-refractivity contribution in [1.29, 1.82) is 0 Å². The SMILES string of the molecule is CCCC.CCCN.CCCN. The molecule has 0 fully saturated rings. The van der Waals surface area contributed by atoms with Gasteiger partial charge in [0, 0.05) is 0 Å². The molecule has 0 amide bonds. The minimum Gasteiger partial charge on any atom is -0.330 e. The minimum atomic E-state index is 0.819. The van der Waals surface area contributed by atoms with E-state index in [0.717, 1.165) is 25.9 Å².